The minimum atomic E-state index is 0.105. The molecule has 0 amide bonds. The van der Waals surface area contributed by atoms with Crippen LogP contribution in [0.5, 0.6) is 0 Å². The van der Waals surface area contributed by atoms with Crippen molar-refractivity contribution in [3.63, 3.8) is 0 Å². The van der Waals surface area contributed by atoms with Gasteiger partial charge in [0.2, 0.25) is 0 Å². The van der Waals surface area contributed by atoms with E-state index in [4.69, 9.17) is 0 Å². The minimum Gasteiger partial charge on any atom is -0.312 e. The van der Waals surface area contributed by atoms with E-state index >= 15 is 0 Å². The van der Waals surface area contributed by atoms with Crippen LogP contribution in [-0.4, -0.2) is 41.1 Å². The van der Waals surface area contributed by atoms with Gasteiger partial charge < -0.3 is 5.32 Å². The lowest BCUT2D eigenvalue weighted by Crippen LogP contribution is -2.58. The van der Waals surface area contributed by atoms with Crippen molar-refractivity contribution in [3.05, 3.63) is 28.5 Å². The summed E-state index contributed by atoms with van der Waals surface area (Å²) in [7, 11) is 0. The highest BCUT2D eigenvalue weighted by Crippen LogP contribution is 2.22. The van der Waals surface area contributed by atoms with E-state index in [1.54, 1.807) is 0 Å². The molecule has 3 nitrogen and oxygen atoms in total. The Morgan fingerprint density at radius 3 is 2.35 bits per heavy atom. The van der Waals surface area contributed by atoms with Gasteiger partial charge in [0.25, 0.3) is 0 Å². The number of likely N-dealkylation sites (N-methyl/N-ethyl adjacent to an activating group) is 2. The average molecular weight is 342 g/mol. The normalized spacial score (nSPS) is 13.8. The summed E-state index contributed by atoms with van der Waals surface area (Å²) in [5.74, 6) is 0. The molecule has 0 aliphatic heterocycles. The molecule has 0 aliphatic carbocycles. The predicted molar refractivity (Wildman–Crippen MR) is 90.1 cm³/mol. The Balaban J connectivity index is 2.89. The van der Waals surface area contributed by atoms with E-state index < -0.39 is 0 Å². The summed E-state index contributed by atoms with van der Waals surface area (Å²) in [5.41, 5.74) is 1.24. The van der Waals surface area contributed by atoms with Gasteiger partial charge in [-0.15, -0.1) is 0 Å². The number of halogens is 1. The Morgan fingerprint density at radius 1 is 1.25 bits per heavy atom. The summed E-state index contributed by atoms with van der Waals surface area (Å²) in [6.07, 6.45) is 2.83. The minimum absolute atomic E-state index is 0.105. The molecule has 0 bridgehead atoms. The number of hydrogen-bond donors (Lipinski definition) is 1. The van der Waals surface area contributed by atoms with Crippen LogP contribution in [0, 0.1) is 0 Å². The Morgan fingerprint density at radius 2 is 1.90 bits per heavy atom. The van der Waals surface area contributed by atoms with E-state index in [2.05, 4.69) is 77.9 Å². The van der Waals surface area contributed by atoms with Gasteiger partial charge in [-0.2, -0.15) is 0 Å². The molecule has 114 valence electrons. The summed E-state index contributed by atoms with van der Waals surface area (Å²) >= 11 is 3.44. The van der Waals surface area contributed by atoms with Gasteiger partial charge in [-0.1, -0.05) is 20.8 Å². The molecule has 0 saturated heterocycles. The van der Waals surface area contributed by atoms with Gasteiger partial charge in [0, 0.05) is 34.4 Å². The largest absolute Gasteiger partial charge is 0.312 e. The van der Waals surface area contributed by atoms with Gasteiger partial charge >= 0.3 is 0 Å². The molecule has 1 aromatic heterocycles. The number of hydrogen-bond acceptors (Lipinski definition) is 3. The highest BCUT2D eigenvalue weighted by atomic mass is 79.9. The smallest absolute Gasteiger partial charge is 0.0420 e. The summed E-state index contributed by atoms with van der Waals surface area (Å²) < 4.78 is 1.03. The maximum Gasteiger partial charge on any atom is 0.0420 e. The zero-order valence-electron chi connectivity index (χ0n) is 13.4. The fraction of sp³-hybridized carbons (Fsp3) is 0.688. The van der Waals surface area contributed by atoms with E-state index in [-0.39, 0.29) is 5.54 Å². The van der Waals surface area contributed by atoms with Crippen LogP contribution in [0.4, 0.5) is 0 Å². The van der Waals surface area contributed by atoms with Gasteiger partial charge in [0.1, 0.15) is 0 Å². The van der Waals surface area contributed by atoms with Crippen molar-refractivity contribution in [3.8, 4) is 0 Å². The van der Waals surface area contributed by atoms with Crippen LogP contribution in [-0.2, 0) is 6.42 Å². The summed E-state index contributed by atoms with van der Waals surface area (Å²) in [5, 5.41) is 3.64. The average Bonchev–Trinajstić information content (AvgIpc) is 2.41. The van der Waals surface area contributed by atoms with Crippen molar-refractivity contribution in [2.24, 2.45) is 0 Å². The molecule has 0 radical (unpaired) electrons. The highest BCUT2D eigenvalue weighted by molar-refractivity contribution is 9.10. The van der Waals surface area contributed by atoms with Gasteiger partial charge in [-0.3, -0.25) is 9.88 Å². The fourth-order valence-corrected chi connectivity index (χ4v) is 3.05. The molecule has 0 fully saturated rings. The molecule has 0 saturated carbocycles. The third kappa shape index (κ3) is 4.54. The van der Waals surface area contributed by atoms with Crippen molar-refractivity contribution < 1.29 is 0 Å². The Bertz CT molecular complexity index is 385. The van der Waals surface area contributed by atoms with Gasteiger partial charge in [0.05, 0.1) is 0 Å². The molecular weight excluding hydrogens is 314 g/mol. The van der Waals surface area contributed by atoms with Crippen LogP contribution >= 0.6 is 15.9 Å². The van der Waals surface area contributed by atoms with Crippen molar-refractivity contribution in [2.75, 3.05) is 19.6 Å². The quantitative estimate of drug-likeness (QED) is 0.784. The molecule has 1 atom stereocenters. The maximum atomic E-state index is 4.52. The van der Waals surface area contributed by atoms with Crippen LogP contribution in [0.1, 0.15) is 40.3 Å². The standard InChI is InChI=1S/C16H28BrN3/c1-6-18-15(16(4,5)20(7-2)8-3)11-14-10-9-13(17)12-19-14/h9-10,12,15,18H,6-8,11H2,1-5H3. The van der Waals surface area contributed by atoms with E-state index in [1.807, 2.05) is 6.20 Å². The second-order valence-electron chi connectivity index (χ2n) is 5.61. The number of nitrogens with one attached hydrogen (secondary N) is 1. The molecule has 0 aliphatic rings. The number of aromatic nitrogens is 1. The van der Waals surface area contributed by atoms with Gasteiger partial charge in [0.15, 0.2) is 0 Å². The molecule has 1 heterocycles. The first-order valence-corrected chi connectivity index (χ1v) is 8.33. The molecule has 0 aromatic carbocycles. The molecule has 20 heavy (non-hydrogen) atoms. The molecule has 4 heteroatoms. The van der Waals surface area contributed by atoms with Crippen LogP contribution in [0.3, 0.4) is 0 Å². The van der Waals surface area contributed by atoms with E-state index in [0.717, 1.165) is 36.2 Å². The lowest BCUT2D eigenvalue weighted by Gasteiger charge is -2.43. The molecular formula is C16H28BrN3. The fourth-order valence-electron chi connectivity index (χ4n) is 2.81. The van der Waals surface area contributed by atoms with Crippen molar-refractivity contribution in [2.45, 2.75) is 52.6 Å². The van der Waals surface area contributed by atoms with Crippen molar-refractivity contribution >= 4 is 15.9 Å². The van der Waals surface area contributed by atoms with Crippen LogP contribution in [0.25, 0.3) is 0 Å². The summed E-state index contributed by atoms with van der Waals surface area (Å²) in [6.45, 7) is 14.4. The third-order valence-corrected chi connectivity index (χ3v) is 4.55. The first kappa shape index (κ1) is 17.6. The summed E-state index contributed by atoms with van der Waals surface area (Å²) in [6, 6.07) is 4.56. The van der Waals surface area contributed by atoms with Crippen LogP contribution in [0.15, 0.2) is 22.8 Å². The third-order valence-electron chi connectivity index (χ3n) is 4.08. The lowest BCUT2D eigenvalue weighted by atomic mass is 9.88. The number of rotatable bonds is 8. The SMILES string of the molecule is CCNC(Cc1ccc(Br)cn1)C(C)(C)N(CC)CC. The monoisotopic (exact) mass is 341 g/mol. The summed E-state index contributed by atoms with van der Waals surface area (Å²) in [4.78, 5) is 7.03. The number of pyridine rings is 1. The number of nitrogens with zero attached hydrogens (tertiary/aromatic N) is 2. The molecule has 1 aromatic rings. The first-order valence-electron chi connectivity index (χ1n) is 7.54. The second-order valence-corrected chi connectivity index (χ2v) is 6.52. The van der Waals surface area contributed by atoms with Gasteiger partial charge in [-0.05, 0) is 61.5 Å². The van der Waals surface area contributed by atoms with E-state index in [9.17, 15) is 0 Å². The first-order chi connectivity index (χ1) is 9.45. The maximum absolute atomic E-state index is 4.52. The highest BCUT2D eigenvalue weighted by Gasteiger charge is 2.33. The zero-order chi connectivity index (χ0) is 15.2. The lowest BCUT2D eigenvalue weighted by molar-refractivity contribution is 0.0914. The van der Waals surface area contributed by atoms with Crippen molar-refractivity contribution in [1.82, 2.24) is 15.2 Å². The molecule has 1 unspecified atom stereocenters. The Hall–Kier alpha value is -0.450. The van der Waals surface area contributed by atoms with Crippen LogP contribution < -0.4 is 5.32 Å². The Kier molecular flexibility index (Phi) is 7.13. The van der Waals surface area contributed by atoms with Crippen molar-refractivity contribution in [1.29, 1.82) is 0 Å². The van der Waals surface area contributed by atoms with Crippen LogP contribution in [0.2, 0.25) is 0 Å². The topological polar surface area (TPSA) is 28.2 Å². The van der Waals surface area contributed by atoms with E-state index in [1.165, 1.54) is 0 Å². The van der Waals surface area contributed by atoms with Gasteiger partial charge in [-0.25, -0.2) is 0 Å². The predicted octanol–water partition coefficient (Wildman–Crippen LogP) is 3.49. The van der Waals surface area contributed by atoms with E-state index in [0.29, 0.717) is 6.04 Å². The molecule has 1 N–H and O–H groups in total. The molecule has 1 rings (SSSR count). The molecule has 0 spiro atoms. The second kappa shape index (κ2) is 8.11. The zero-order valence-corrected chi connectivity index (χ0v) is 15.0. The Labute approximate surface area is 132 Å².